The van der Waals surface area contributed by atoms with Gasteiger partial charge in [0, 0.05) is 37.7 Å². The number of rotatable bonds is 0. The molecular formula is H6HoN2O4S. The van der Waals surface area contributed by atoms with E-state index in [-0.39, 0.29) is 37.7 Å². The van der Waals surface area contributed by atoms with Gasteiger partial charge in [0.2, 0.25) is 0 Å². The van der Waals surface area contributed by atoms with Crippen molar-refractivity contribution < 1.29 is 55.3 Å². The van der Waals surface area contributed by atoms with Gasteiger partial charge in [0.25, 0.3) is 0 Å². The van der Waals surface area contributed by atoms with Gasteiger partial charge in [-0.2, -0.15) is 8.42 Å². The van der Waals surface area contributed by atoms with Crippen LogP contribution in [0.4, 0.5) is 0 Å². The van der Waals surface area contributed by atoms with Crippen molar-refractivity contribution in [1.82, 2.24) is 0 Å². The molecule has 0 saturated carbocycles. The molecule has 8 heavy (non-hydrogen) atoms. The van der Waals surface area contributed by atoms with Crippen molar-refractivity contribution >= 4 is 10.4 Å². The summed E-state index contributed by atoms with van der Waals surface area (Å²) in [4.78, 5) is 0. The summed E-state index contributed by atoms with van der Waals surface area (Å²) in [6, 6.07) is 0. The minimum atomic E-state index is -4.67. The van der Waals surface area contributed by atoms with Gasteiger partial charge in [-0.3, -0.25) is 20.8 Å². The molecule has 6 N–H and O–H groups in total. The second-order valence-electron chi connectivity index (χ2n) is 0.448. The summed E-state index contributed by atoms with van der Waals surface area (Å²) in [6.45, 7) is 0. The zero-order chi connectivity index (χ0) is 6.50. The molecule has 0 fully saturated rings. The van der Waals surface area contributed by atoms with E-state index in [4.69, 9.17) is 17.5 Å². The third-order valence-corrected chi connectivity index (χ3v) is 0. The molecule has 6 nitrogen and oxygen atoms in total. The fourth-order valence-corrected chi connectivity index (χ4v) is 0. The molecule has 0 bridgehead atoms. The second kappa shape index (κ2) is 8.05. The largest absolute Gasteiger partial charge is 0.394 e. The van der Waals surface area contributed by atoms with Crippen molar-refractivity contribution in [3.63, 3.8) is 0 Å². The molecule has 8 heteroatoms. The monoisotopic (exact) mass is 295 g/mol. The fourth-order valence-electron chi connectivity index (χ4n) is 0. The molecule has 0 saturated heterocycles. The van der Waals surface area contributed by atoms with E-state index in [1.54, 1.807) is 0 Å². The molecule has 0 aliphatic carbocycles. The maximum Gasteiger partial charge on any atom is 0.394 e. The third kappa shape index (κ3) is 234. The first-order valence-corrected chi connectivity index (χ1v) is 2.43. The van der Waals surface area contributed by atoms with Crippen molar-refractivity contribution in [3.05, 3.63) is 0 Å². The maximum absolute atomic E-state index is 8.74. The molecule has 0 amide bonds. The molecule has 1 radical (unpaired) electrons. The molecule has 0 aliphatic rings. The van der Waals surface area contributed by atoms with Crippen molar-refractivity contribution in [2.75, 3.05) is 0 Å². The molecule has 0 atom stereocenters. The first kappa shape index (κ1) is 16.0. The number of hydrogen-bond acceptors (Lipinski definition) is 4. The Bertz CT molecular complexity index is 97.2. The minimum Gasteiger partial charge on any atom is -0.274 e. The first-order chi connectivity index (χ1) is 3.00. The van der Waals surface area contributed by atoms with Crippen molar-refractivity contribution in [3.8, 4) is 0 Å². The molecular weight excluding hydrogens is 289 g/mol. The molecule has 0 rings (SSSR count). The summed E-state index contributed by atoms with van der Waals surface area (Å²) in [5.41, 5.74) is 0. The van der Waals surface area contributed by atoms with Crippen LogP contribution in [0.15, 0.2) is 0 Å². The Hall–Kier alpha value is 1.05. The van der Waals surface area contributed by atoms with E-state index < -0.39 is 10.4 Å². The Kier molecular flexibility index (Phi) is 16.1. The third-order valence-electron chi connectivity index (χ3n) is 0. The number of hydrazine groups is 1. The Morgan fingerprint density at radius 3 is 1.12 bits per heavy atom. The molecule has 0 unspecified atom stereocenters. The predicted octanol–water partition coefficient (Wildman–Crippen LogP) is -1.83. The zero-order valence-corrected chi connectivity index (χ0v) is 6.33. The minimum absolute atomic E-state index is 0. The van der Waals surface area contributed by atoms with Crippen LogP contribution in [0.25, 0.3) is 0 Å². The van der Waals surface area contributed by atoms with Gasteiger partial charge < -0.3 is 0 Å². The second-order valence-corrected chi connectivity index (χ2v) is 1.34. The predicted molar refractivity (Wildman–Crippen MR) is 22.6 cm³/mol. The van der Waals surface area contributed by atoms with Crippen LogP contribution >= 0.6 is 0 Å². The molecule has 0 aromatic rings. The van der Waals surface area contributed by atoms with Gasteiger partial charge in [0.1, 0.15) is 0 Å². The van der Waals surface area contributed by atoms with E-state index in [0.717, 1.165) is 0 Å². The van der Waals surface area contributed by atoms with Crippen LogP contribution < -0.4 is 11.7 Å². The van der Waals surface area contributed by atoms with Crippen LogP contribution in [0.2, 0.25) is 0 Å². The van der Waals surface area contributed by atoms with Gasteiger partial charge in [0.05, 0.1) is 0 Å². The Morgan fingerprint density at radius 1 is 1.12 bits per heavy atom. The first-order valence-electron chi connectivity index (χ1n) is 1.03. The van der Waals surface area contributed by atoms with E-state index in [1.807, 2.05) is 0 Å². The van der Waals surface area contributed by atoms with Crippen molar-refractivity contribution in [2.45, 2.75) is 0 Å². The molecule has 0 spiro atoms. The van der Waals surface area contributed by atoms with E-state index >= 15 is 0 Å². The van der Waals surface area contributed by atoms with E-state index in [2.05, 4.69) is 11.7 Å². The van der Waals surface area contributed by atoms with Gasteiger partial charge in [0.15, 0.2) is 0 Å². The van der Waals surface area contributed by atoms with Crippen LogP contribution in [-0.2, 0) is 10.4 Å². The normalized spacial score (nSPS) is 8.00. The van der Waals surface area contributed by atoms with Gasteiger partial charge in [-0.25, -0.2) is 0 Å². The van der Waals surface area contributed by atoms with E-state index in [0.29, 0.717) is 0 Å². The number of hydrogen-bond donors (Lipinski definition) is 4. The Balaban J connectivity index is -0.0000000750. The summed E-state index contributed by atoms with van der Waals surface area (Å²) < 4.78 is 31.6. The van der Waals surface area contributed by atoms with Crippen LogP contribution in [0.3, 0.4) is 0 Å². The standard InChI is InChI=1S/Ho.H4N2.H2O4S/c;1-2;1-5(2,3)4/h;1-2H2;(H2,1,2,3,4). The van der Waals surface area contributed by atoms with Crippen LogP contribution in [0.1, 0.15) is 0 Å². The molecule has 0 aromatic heterocycles. The zero-order valence-electron chi connectivity index (χ0n) is 3.58. The Labute approximate surface area is 76.8 Å². The van der Waals surface area contributed by atoms with Crippen LogP contribution in [0, 0.1) is 37.7 Å². The maximum atomic E-state index is 8.74. The van der Waals surface area contributed by atoms with Crippen molar-refractivity contribution in [2.24, 2.45) is 11.7 Å². The summed E-state index contributed by atoms with van der Waals surface area (Å²) in [7, 11) is -4.67. The molecule has 57 valence electrons. The average molecular weight is 295 g/mol. The summed E-state index contributed by atoms with van der Waals surface area (Å²) in [6.07, 6.45) is 0. The molecule has 0 aromatic carbocycles. The molecule has 0 heterocycles. The van der Waals surface area contributed by atoms with Gasteiger partial charge in [-0.05, 0) is 0 Å². The fraction of sp³-hybridized carbons (Fsp3) is 0. The summed E-state index contributed by atoms with van der Waals surface area (Å²) >= 11 is 0. The average Bonchev–Trinajstić information content (AvgIpc) is 1.36. The van der Waals surface area contributed by atoms with Crippen molar-refractivity contribution in [1.29, 1.82) is 0 Å². The van der Waals surface area contributed by atoms with Gasteiger partial charge >= 0.3 is 10.4 Å². The van der Waals surface area contributed by atoms with Crippen LogP contribution in [0.5, 0.6) is 0 Å². The molecule has 0 aliphatic heterocycles. The summed E-state index contributed by atoms with van der Waals surface area (Å²) in [5, 5.41) is 0. The van der Waals surface area contributed by atoms with E-state index in [1.165, 1.54) is 0 Å². The topological polar surface area (TPSA) is 127 Å². The number of nitrogens with two attached hydrogens (primary N) is 2. The van der Waals surface area contributed by atoms with Gasteiger partial charge in [-0.1, -0.05) is 0 Å². The SMILES string of the molecule is NN.O=S(=O)(O)O.[Ho]. The Morgan fingerprint density at radius 2 is 1.12 bits per heavy atom. The van der Waals surface area contributed by atoms with E-state index in [9.17, 15) is 0 Å². The van der Waals surface area contributed by atoms with Gasteiger partial charge in [-0.15, -0.1) is 0 Å². The smallest absolute Gasteiger partial charge is 0.274 e. The quantitative estimate of drug-likeness (QED) is 0.180. The summed E-state index contributed by atoms with van der Waals surface area (Å²) in [5.74, 6) is 8.00. The van der Waals surface area contributed by atoms with Crippen LogP contribution in [-0.4, -0.2) is 17.5 Å².